The number of likely N-dealkylation sites (N-methyl/N-ethyl adjacent to an activating group) is 1. The number of carbonyl (C=O) groups excluding carboxylic acids is 1. The van der Waals surface area contributed by atoms with Crippen LogP contribution in [0, 0.1) is 0 Å². The zero-order valence-electron chi connectivity index (χ0n) is 7.68. The monoisotopic (exact) mass is 165 g/mol. The molecule has 0 saturated carbocycles. The van der Waals surface area contributed by atoms with Crippen LogP contribution in [0.2, 0.25) is 0 Å². The van der Waals surface area contributed by atoms with E-state index >= 15 is 0 Å². The molecule has 0 aliphatic heterocycles. The van der Waals surface area contributed by atoms with Gasteiger partial charge < -0.3 is 5.32 Å². The predicted molar refractivity (Wildman–Crippen MR) is 50.0 cm³/mol. The molecule has 1 rings (SSSR count). The van der Waals surface area contributed by atoms with E-state index in [4.69, 9.17) is 0 Å². The molecule has 1 unspecified atom stereocenters. The first kappa shape index (κ1) is 9.20. The Morgan fingerprint density at radius 2 is 2.42 bits per heavy atom. The van der Waals surface area contributed by atoms with Gasteiger partial charge in [-0.1, -0.05) is 6.08 Å². The van der Waals surface area contributed by atoms with Crippen LogP contribution in [0.1, 0.15) is 19.8 Å². The molecule has 1 aliphatic carbocycles. The normalized spacial score (nSPS) is 23.5. The Morgan fingerprint density at radius 1 is 1.75 bits per heavy atom. The summed E-state index contributed by atoms with van der Waals surface area (Å²) in [7, 11) is 1.89. The Labute approximate surface area is 73.4 Å². The number of nitrogens with one attached hydrogen (secondary N) is 1. The Bertz CT molecular complexity index is 240. The molecule has 0 radical (unpaired) electrons. The van der Waals surface area contributed by atoms with Crippen molar-refractivity contribution < 1.29 is 4.79 Å². The van der Waals surface area contributed by atoms with Crippen molar-refractivity contribution in [3.63, 3.8) is 0 Å². The molecule has 0 aromatic carbocycles. The van der Waals surface area contributed by atoms with E-state index in [0.717, 1.165) is 5.57 Å². The maximum absolute atomic E-state index is 11.4. The molecule has 0 spiro atoms. The molecule has 2 nitrogen and oxygen atoms in total. The number of hydrogen-bond donors (Lipinski definition) is 1. The Kier molecular flexibility index (Phi) is 2.82. The lowest BCUT2D eigenvalue weighted by Crippen LogP contribution is -2.24. The molecule has 1 atom stereocenters. The van der Waals surface area contributed by atoms with Crippen LogP contribution in [0.25, 0.3) is 0 Å². The third-order valence-electron chi connectivity index (χ3n) is 2.42. The first-order valence-corrected chi connectivity index (χ1v) is 4.21. The van der Waals surface area contributed by atoms with Crippen molar-refractivity contribution >= 4 is 5.78 Å². The number of Topliss-reactive ketones (excluding diaryl/α,β-unsaturated/α-hetero) is 1. The molecular formula is C10H15NO. The topological polar surface area (TPSA) is 29.1 Å². The highest BCUT2D eigenvalue weighted by atomic mass is 16.1. The highest BCUT2D eigenvalue weighted by Crippen LogP contribution is 2.25. The minimum atomic E-state index is 0.257. The summed E-state index contributed by atoms with van der Waals surface area (Å²) < 4.78 is 0. The highest BCUT2D eigenvalue weighted by Gasteiger charge is 2.26. The molecule has 66 valence electrons. The third-order valence-corrected chi connectivity index (χ3v) is 2.42. The summed E-state index contributed by atoms with van der Waals surface area (Å²) in [4.78, 5) is 11.4. The second kappa shape index (κ2) is 3.68. The average molecular weight is 165 g/mol. The van der Waals surface area contributed by atoms with E-state index in [1.807, 2.05) is 14.0 Å². The minimum absolute atomic E-state index is 0.257. The maximum atomic E-state index is 11.4. The van der Waals surface area contributed by atoms with Gasteiger partial charge in [-0.3, -0.25) is 4.79 Å². The molecule has 1 aliphatic rings. The maximum Gasteiger partial charge on any atom is 0.161 e. The van der Waals surface area contributed by atoms with Crippen molar-refractivity contribution in [2.24, 2.45) is 0 Å². The lowest BCUT2D eigenvalue weighted by Gasteiger charge is -2.07. The number of hydrogen-bond acceptors (Lipinski definition) is 2. The van der Waals surface area contributed by atoms with E-state index in [1.54, 1.807) is 6.08 Å². The van der Waals surface area contributed by atoms with Gasteiger partial charge in [0.05, 0.1) is 0 Å². The SMILES string of the molecule is C=CCC1=C(C)C(NC)CC1=O. The van der Waals surface area contributed by atoms with Gasteiger partial charge in [-0.2, -0.15) is 0 Å². The van der Waals surface area contributed by atoms with Crippen LogP contribution >= 0.6 is 0 Å². The summed E-state index contributed by atoms with van der Waals surface area (Å²) in [5.41, 5.74) is 2.13. The molecule has 0 aromatic heterocycles. The lowest BCUT2D eigenvalue weighted by atomic mass is 10.1. The van der Waals surface area contributed by atoms with Crippen LogP contribution in [0.4, 0.5) is 0 Å². The van der Waals surface area contributed by atoms with Crippen LogP contribution in [0.15, 0.2) is 23.8 Å². The van der Waals surface area contributed by atoms with Crippen molar-refractivity contribution in [2.45, 2.75) is 25.8 Å². The van der Waals surface area contributed by atoms with Crippen molar-refractivity contribution in [3.8, 4) is 0 Å². The summed E-state index contributed by atoms with van der Waals surface area (Å²) in [5, 5.41) is 3.12. The number of ketones is 1. The molecule has 2 heteroatoms. The summed E-state index contributed by atoms with van der Waals surface area (Å²) in [6.07, 6.45) is 3.11. The van der Waals surface area contributed by atoms with Crippen molar-refractivity contribution in [2.75, 3.05) is 7.05 Å². The van der Waals surface area contributed by atoms with Gasteiger partial charge >= 0.3 is 0 Å². The average Bonchev–Trinajstić information content (AvgIpc) is 2.32. The summed E-state index contributed by atoms with van der Waals surface area (Å²) >= 11 is 0. The quantitative estimate of drug-likeness (QED) is 0.641. The van der Waals surface area contributed by atoms with E-state index in [1.165, 1.54) is 5.57 Å². The van der Waals surface area contributed by atoms with E-state index in [0.29, 0.717) is 12.8 Å². The zero-order chi connectivity index (χ0) is 9.14. The van der Waals surface area contributed by atoms with Crippen LogP contribution < -0.4 is 5.32 Å². The predicted octanol–water partition coefficient (Wildman–Crippen LogP) is 1.44. The van der Waals surface area contributed by atoms with Gasteiger partial charge in [0, 0.05) is 12.5 Å². The fourth-order valence-corrected chi connectivity index (χ4v) is 1.63. The molecule has 0 fully saturated rings. The van der Waals surface area contributed by atoms with Crippen molar-refractivity contribution in [3.05, 3.63) is 23.8 Å². The van der Waals surface area contributed by atoms with E-state index in [-0.39, 0.29) is 11.8 Å². The van der Waals surface area contributed by atoms with Crippen LogP contribution in [0.5, 0.6) is 0 Å². The second-order valence-corrected chi connectivity index (χ2v) is 3.12. The molecule has 0 bridgehead atoms. The van der Waals surface area contributed by atoms with Crippen LogP contribution in [-0.4, -0.2) is 18.9 Å². The van der Waals surface area contributed by atoms with Crippen molar-refractivity contribution in [1.82, 2.24) is 5.32 Å². The Morgan fingerprint density at radius 3 is 2.83 bits per heavy atom. The van der Waals surface area contributed by atoms with Gasteiger partial charge in [-0.25, -0.2) is 0 Å². The molecule has 0 saturated heterocycles. The van der Waals surface area contributed by atoms with Gasteiger partial charge in [-0.05, 0) is 31.5 Å². The molecule has 12 heavy (non-hydrogen) atoms. The minimum Gasteiger partial charge on any atom is -0.313 e. The molecule has 0 aromatic rings. The summed E-state index contributed by atoms with van der Waals surface area (Å²) in [6.45, 7) is 5.66. The molecule has 0 heterocycles. The molecule has 0 amide bonds. The first-order valence-electron chi connectivity index (χ1n) is 4.21. The highest BCUT2D eigenvalue weighted by molar-refractivity contribution is 5.99. The smallest absolute Gasteiger partial charge is 0.161 e. The standard InChI is InChI=1S/C10H15NO/c1-4-5-8-7(2)9(11-3)6-10(8)12/h4,9,11H,1,5-6H2,2-3H3. The summed E-state index contributed by atoms with van der Waals surface area (Å²) in [5.74, 6) is 0.270. The van der Waals surface area contributed by atoms with E-state index < -0.39 is 0 Å². The fourth-order valence-electron chi connectivity index (χ4n) is 1.63. The molecular weight excluding hydrogens is 150 g/mol. The second-order valence-electron chi connectivity index (χ2n) is 3.12. The largest absolute Gasteiger partial charge is 0.313 e. The van der Waals surface area contributed by atoms with Gasteiger partial charge in [0.1, 0.15) is 0 Å². The van der Waals surface area contributed by atoms with Gasteiger partial charge in [0.2, 0.25) is 0 Å². The van der Waals surface area contributed by atoms with Gasteiger partial charge in [-0.15, -0.1) is 6.58 Å². The van der Waals surface area contributed by atoms with Crippen LogP contribution in [0.3, 0.4) is 0 Å². The summed E-state index contributed by atoms with van der Waals surface area (Å²) in [6, 6.07) is 0.257. The van der Waals surface area contributed by atoms with Crippen molar-refractivity contribution in [1.29, 1.82) is 0 Å². The number of carbonyl (C=O) groups is 1. The van der Waals surface area contributed by atoms with Gasteiger partial charge in [0.25, 0.3) is 0 Å². The first-order chi connectivity index (χ1) is 5.70. The molecule has 1 N–H and O–H groups in total. The zero-order valence-corrected chi connectivity index (χ0v) is 7.68. The number of allylic oxidation sites excluding steroid dienone is 2. The van der Waals surface area contributed by atoms with Crippen LogP contribution in [-0.2, 0) is 4.79 Å². The lowest BCUT2D eigenvalue weighted by molar-refractivity contribution is -0.115. The fraction of sp³-hybridized carbons (Fsp3) is 0.500. The Hall–Kier alpha value is -0.890. The third kappa shape index (κ3) is 1.48. The Balaban J connectivity index is 2.84. The van der Waals surface area contributed by atoms with E-state index in [2.05, 4.69) is 11.9 Å². The van der Waals surface area contributed by atoms with Gasteiger partial charge in [0.15, 0.2) is 5.78 Å². The van der Waals surface area contributed by atoms with E-state index in [9.17, 15) is 4.79 Å². The number of rotatable bonds is 3.